The molecule has 1 fully saturated rings. The number of carboxylic acid groups (broad SMARTS) is 4. The van der Waals surface area contributed by atoms with Gasteiger partial charge in [0.05, 0.1) is 17.8 Å². The van der Waals surface area contributed by atoms with E-state index in [0.717, 1.165) is 0 Å². The maximum absolute atomic E-state index is 11.0. The van der Waals surface area contributed by atoms with Crippen LogP contribution in [-0.2, 0) is 19.2 Å². The van der Waals surface area contributed by atoms with Crippen molar-refractivity contribution in [1.29, 1.82) is 0 Å². The molecular weight excluding hydrogens is 250 g/mol. The quantitative estimate of drug-likeness (QED) is 0.391. The Balaban J connectivity index is 3.18. The summed E-state index contributed by atoms with van der Waals surface area (Å²) >= 11 is 0. The summed E-state index contributed by atoms with van der Waals surface area (Å²) in [5.74, 6) is -11.4. The van der Waals surface area contributed by atoms with Crippen molar-refractivity contribution in [1.82, 2.24) is 5.32 Å². The molecule has 0 saturated carbocycles. The van der Waals surface area contributed by atoms with Gasteiger partial charge in [-0.25, -0.2) is 0 Å². The van der Waals surface area contributed by atoms with E-state index >= 15 is 0 Å². The number of carbonyl (C=O) groups is 4. The summed E-state index contributed by atoms with van der Waals surface area (Å²) < 4.78 is 0. The highest BCUT2D eigenvalue weighted by Crippen LogP contribution is 2.29. The topological polar surface area (TPSA) is 161 Å². The van der Waals surface area contributed by atoms with Gasteiger partial charge in [-0.15, -0.1) is 0 Å². The molecule has 1 aliphatic heterocycles. The second-order valence-corrected chi connectivity index (χ2v) is 3.90. The van der Waals surface area contributed by atoms with Crippen molar-refractivity contribution in [2.24, 2.45) is 17.8 Å². The lowest BCUT2D eigenvalue weighted by molar-refractivity contribution is -0.169. The molecule has 4 atom stereocenters. The molecule has 0 unspecified atom stereocenters. The normalized spacial score (nSPS) is 31.6. The second kappa shape index (κ2) is 5.00. The third-order valence-corrected chi connectivity index (χ3v) is 2.89. The van der Waals surface area contributed by atoms with Crippen molar-refractivity contribution >= 4 is 23.9 Å². The van der Waals surface area contributed by atoms with Crippen LogP contribution >= 0.6 is 0 Å². The average Bonchev–Trinajstić information content (AvgIpc) is 2.26. The Morgan fingerprint density at radius 2 is 1.28 bits per heavy atom. The fourth-order valence-corrected chi connectivity index (χ4v) is 2.07. The monoisotopic (exact) mass is 261 g/mol. The van der Waals surface area contributed by atoms with E-state index in [9.17, 15) is 19.2 Å². The third-order valence-electron chi connectivity index (χ3n) is 2.89. The van der Waals surface area contributed by atoms with Crippen molar-refractivity contribution in [3.8, 4) is 0 Å². The molecule has 1 saturated heterocycles. The number of hydrogen-bond acceptors (Lipinski definition) is 5. The van der Waals surface area contributed by atoms with Gasteiger partial charge in [0, 0.05) is 6.54 Å². The number of carboxylic acids is 4. The first-order chi connectivity index (χ1) is 8.27. The summed E-state index contributed by atoms with van der Waals surface area (Å²) in [6, 6.07) is -1.63. The van der Waals surface area contributed by atoms with Gasteiger partial charge in [-0.2, -0.15) is 0 Å². The minimum Gasteiger partial charge on any atom is -0.481 e. The molecule has 9 nitrogen and oxygen atoms in total. The molecule has 0 aromatic heterocycles. The van der Waals surface area contributed by atoms with Gasteiger partial charge in [-0.3, -0.25) is 19.2 Å². The number of hydrogen-bond donors (Lipinski definition) is 5. The molecule has 0 aliphatic carbocycles. The highest BCUT2D eigenvalue weighted by molar-refractivity contribution is 5.90. The second-order valence-electron chi connectivity index (χ2n) is 3.90. The van der Waals surface area contributed by atoms with Crippen LogP contribution in [-0.4, -0.2) is 56.9 Å². The fourth-order valence-electron chi connectivity index (χ4n) is 2.07. The van der Waals surface area contributed by atoms with Crippen LogP contribution in [0.5, 0.6) is 0 Å². The van der Waals surface area contributed by atoms with Crippen LogP contribution in [0.4, 0.5) is 0 Å². The van der Waals surface area contributed by atoms with Gasteiger partial charge in [0.25, 0.3) is 0 Å². The minimum atomic E-state index is -1.84. The molecule has 0 aromatic carbocycles. The Bertz CT molecular complexity index is 367. The number of rotatable bonds is 4. The van der Waals surface area contributed by atoms with Crippen molar-refractivity contribution < 1.29 is 39.6 Å². The smallest absolute Gasteiger partial charge is 0.321 e. The lowest BCUT2D eigenvalue weighted by atomic mass is 9.74. The van der Waals surface area contributed by atoms with Crippen LogP contribution in [0.2, 0.25) is 0 Å². The van der Waals surface area contributed by atoms with Crippen molar-refractivity contribution in [3.05, 3.63) is 0 Å². The number of piperidine rings is 1. The summed E-state index contributed by atoms with van der Waals surface area (Å²) in [4.78, 5) is 43.7. The predicted molar refractivity (Wildman–Crippen MR) is 52.8 cm³/mol. The summed E-state index contributed by atoms with van der Waals surface area (Å²) in [6.45, 7) is -0.410. The van der Waals surface area contributed by atoms with Gasteiger partial charge in [0.15, 0.2) is 0 Å². The zero-order valence-electron chi connectivity index (χ0n) is 8.94. The van der Waals surface area contributed by atoms with Crippen LogP contribution in [0.15, 0.2) is 0 Å². The van der Waals surface area contributed by atoms with E-state index in [4.69, 9.17) is 20.4 Å². The summed E-state index contributed by atoms with van der Waals surface area (Å²) in [6.07, 6.45) is 0. The van der Waals surface area contributed by atoms with E-state index in [1.165, 1.54) is 0 Å². The van der Waals surface area contributed by atoms with E-state index in [2.05, 4.69) is 5.32 Å². The van der Waals surface area contributed by atoms with Crippen LogP contribution in [0.1, 0.15) is 0 Å². The van der Waals surface area contributed by atoms with E-state index in [0.29, 0.717) is 0 Å². The van der Waals surface area contributed by atoms with E-state index in [1.54, 1.807) is 0 Å². The highest BCUT2D eigenvalue weighted by atomic mass is 16.4. The molecule has 0 radical (unpaired) electrons. The van der Waals surface area contributed by atoms with Crippen LogP contribution in [0.25, 0.3) is 0 Å². The first-order valence-electron chi connectivity index (χ1n) is 4.92. The van der Waals surface area contributed by atoms with Gasteiger partial charge < -0.3 is 25.7 Å². The van der Waals surface area contributed by atoms with E-state index < -0.39 is 54.2 Å². The summed E-state index contributed by atoms with van der Waals surface area (Å²) in [5, 5.41) is 37.7. The molecule has 1 aliphatic rings. The van der Waals surface area contributed by atoms with Crippen molar-refractivity contribution in [2.75, 3.05) is 6.54 Å². The summed E-state index contributed by atoms with van der Waals surface area (Å²) in [5.41, 5.74) is 0. The lowest BCUT2D eigenvalue weighted by Crippen LogP contribution is -2.60. The Hall–Kier alpha value is -2.16. The number of nitrogens with one attached hydrogen (secondary N) is 1. The van der Waals surface area contributed by atoms with Crippen LogP contribution in [0, 0.1) is 17.8 Å². The molecule has 0 spiro atoms. The van der Waals surface area contributed by atoms with E-state index in [1.807, 2.05) is 0 Å². The zero-order chi connectivity index (χ0) is 14.0. The molecule has 0 aromatic rings. The van der Waals surface area contributed by atoms with Gasteiger partial charge in [0.1, 0.15) is 6.04 Å². The SMILES string of the molecule is O=C(O)[C@@H]1[C@H](C(=O)O)[C@@H](C(=O)O)CN[C@H]1C(=O)O. The maximum Gasteiger partial charge on any atom is 0.321 e. The Morgan fingerprint density at radius 3 is 1.61 bits per heavy atom. The predicted octanol–water partition coefficient (Wildman–Crippen LogP) is -1.85. The third kappa shape index (κ3) is 2.40. The summed E-state index contributed by atoms with van der Waals surface area (Å²) in [7, 11) is 0. The Kier molecular flexibility index (Phi) is 3.86. The molecule has 18 heavy (non-hydrogen) atoms. The first kappa shape index (κ1) is 13.9. The fraction of sp³-hybridized carbons (Fsp3) is 0.556. The Morgan fingerprint density at radius 1 is 0.778 bits per heavy atom. The average molecular weight is 261 g/mol. The first-order valence-corrected chi connectivity index (χ1v) is 4.92. The molecule has 0 amide bonds. The van der Waals surface area contributed by atoms with Gasteiger partial charge in [-0.1, -0.05) is 0 Å². The van der Waals surface area contributed by atoms with Gasteiger partial charge >= 0.3 is 23.9 Å². The van der Waals surface area contributed by atoms with E-state index in [-0.39, 0.29) is 0 Å². The molecule has 1 rings (SSSR count). The van der Waals surface area contributed by atoms with Crippen LogP contribution in [0.3, 0.4) is 0 Å². The van der Waals surface area contributed by atoms with Crippen molar-refractivity contribution in [3.63, 3.8) is 0 Å². The lowest BCUT2D eigenvalue weighted by Gasteiger charge is -2.35. The molecule has 100 valence electrons. The molecule has 1 heterocycles. The highest BCUT2D eigenvalue weighted by Gasteiger charge is 2.52. The van der Waals surface area contributed by atoms with Crippen LogP contribution < -0.4 is 5.32 Å². The Labute approximate surface area is 100 Å². The van der Waals surface area contributed by atoms with Gasteiger partial charge in [-0.05, 0) is 0 Å². The van der Waals surface area contributed by atoms with Crippen molar-refractivity contribution in [2.45, 2.75) is 6.04 Å². The van der Waals surface area contributed by atoms with Gasteiger partial charge in [0.2, 0.25) is 0 Å². The largest absolute Gasteiger partial charge is 0.481 e. The molecule has 9 heteroatoms. The zero-order valence-corrected chi connectivity index (χ0v) is 8.94. The minimum absolute atomic E-state index is 0.410. The molecule has 5 N–H and O–H groups in total. The standard InChI is InChI=1S/C9H11NO8/c11-6(12)2-1-10-5(9(17)18)4(8(15)16)3(2)7(13)14/h2-5,10H,1H2,(H,11,12)(H,13,14)(H,15,16)(H,17,18)/t2-,3+,4+,5+/m0/s1. The molecule has 0 bridgehead atoms. The maximum atomic E-state index is 11.0. The number of aliphatic carboxylic acids is 4. The molecular formula is C9H11NO8.